The van der Waals surface area contributed by atoms with Crippen LogP contribution in [0.15, 0.2) is 0 Å². The summed E-state index contributed by atoms with van der Waals surface area (Å²) < 4.78 is 33.9. The molecule has 0 spiro atoms. The van der Waals surface area contributed by atoms with E-state index in [1.807, 2.05) is 0 Å². The Morgan fingerprint density at radius 2 is 0.848 bits per heavy atom. The van der Waals surface area contributed by atoms with E-state index < -0.39 is 54.6 Å². The van der Waals surface area contributed by atoms with Crippen LogP contribution in [-0.4, -0.2) is 67.8 Å². The van der Waals surface area contributed by atoms with Crippen molar-refractivity contribution >= 4 is 23.9 Å². The maximum atomic E-state index is 13.3. The van der Waals surface area contributed by atoms with Gasteiger partial charge < -0.3 is 28.4 Å². The standard InChI is InChI=1S/C36H64O10/c1-6-8-10-12-14-16-18-20-22-24-26-41-35(40)33-31(43-28(3)37)32(44-29(4)38)34(45-30(5)39)36(46-33)42-27-25-23-21-19-17-15-13-11-9-7-2/h31-34,36H,6-27H2,1-5H3/t31-,32-,33-,34+,36?/m0/s1. The third kappa shape index (κ3) is 19.5. The average molecular weight is 657 g/mol. The molecule has 0 amide bonds. The topological polar surface area (TPSA) is 124 Å². The van der Waals surface area contributed by atoms with Gasteiger partial charge in [-0.3, -0.25) is 14.4 Å². The summed E-state index contributed by atoms with van der Waals surface area (Å²) in [6, 6.07) is 0. The van der Waals surface area contributed by atoms with Crippen molar-refractivity contribution in [2.75, 3.05) is 13.2 Å². The van der Waals surface area contributed by atoms with Gasteiger partial charge in [-0.1, -0.05) is 129 Å². The highest BCUT2D eigenvalue weighted by atomic mass is 16.7. The third-order valence-electron chi connectivity index (χ3n) is 8.16. The summed E-state index contributed by atoms with van der Waals surface area (Å²) in [5.41, 5.74) is 0. The Labute approximate surface area is 278 Å². The van der Waals surface area contributed by atoms with Crippen molar-refractivity contribution in [1.29, 1.82) is 0 Å². The first-order chi connectivity index (χ1) is 22.2. The number of carbonyl (C=O) groups is 4. The fourth-order valence-electron chi connectivity index (χ4n) is 5.73. The first kappa shape index (κ1) is 41.8. The average Bonchev–Trinajstić information content (AvgIpc) is 3.00. The van der Waals surface area contributed by atoms with E-state index in [-0.39, 0.29) is 13.2 Å². The van der Waals surface area contributed by atoms with Crippen LogP contribution in [0.1, 0.15) is 163 Å². The second-order valence-corrected chi connectivity index (χ2v) is 12.5. The highest BCUT2D eigenvalue weighted by Crippen LogP contribution is 2.30. The molecular formula is C36H64O10. The summed E-state index contributed by atoms with van der Waals surface area (Å²) in [7, 11) is 0. The Hall–Kier alpha value is -2.20. The van der Waals surface area contributed by atoms with Gasteiger partial charge in [0.1, 0.15) is 0 Å². The number of ether oxygens (including phenoxy) is 6. The minimum absolute atomic E-state index is 0.178. The molecule has 1 rings (SSSR count). The molecule has 0 aromatic carbocycles. The molecule has 0 N–H and O–H groups in total. The SMILES string of the molecule is CCCCCCCCCCCCOC(=O)[C@H]1OC(OCCCCCCCCCCCC)[C@H](OC(C)=O)[C@@H](OC(C)=O)[C@@H]1OC(C)=O. The van der Waals surface area contributed by atoms with Crippen LogP contribution in [0.4, 0.5) is 0 Å². The van der Waals surface area contributed by atoms with E-state index in [1.165, 1.54) is 97.8 Å². The van der Waals surface area contributed by atoms with E-state index in [0.29, 0.717) is 6.42 Å². The maximum absolute atomic E-state index is 13.3. The van der Waals surface area contributed by atoms with Gasteiger partial charge in [0.05, 0.1) is 6.61 Å². The number of carbonyl (C=O) groups excluding carboxylic acids is 4. The lowest BCUT2D eigenvalue weighted by Crippen LogP contribution is -2.64. The molecule has 10 heteroatoms. The van der Waals surface area contributed by atoms with Crippen molar-refractivity contribution < 1.29 is 47.6 Å². The molecule has 0 aromatic rings. The Kier molecular flexibility index (Phi) is 24.4. The molecule has 1 unspecified atom stereocenters. The van der Waals surface area contributed by atoms with Crippen molar-refractivity contribution in [3.63, 3.8) is 0 Å². The van der Waals surface area contributed by atoms with Gasteiger partial charge in [-0.25, -0.2) is 4.79 Å². The lowest BCUT2D eigenvalue weighted by atomic mass is 9.97. The van der Waals surface area contributed by atoms with Crippen LogP contribution < -0.4 is 0 Å². The highest BCUT2D eigenvalue weighted by Gasteiger charge is 2.55. The first-order valence-electron chi connectivity index (χ1n) is 18.2. The summed E-state index contributed by atoms with van der Waals surface area (Å²) in [5, 5.41) is 0. The Morgan fingerprint density at radius 3 is 1.28 bits per heavy atom. The molecule has 0 aliphatic carbocycles. The van der Waals surface area contributed by atoms with Gasteiger partial charge in [0.25, 0.3) is 0 Å². The number of hydrogen-bond acceptors (Lipinski definition) is 10. The van der Waals surface area contributed by atoms with Crippen LogP contribution in [-0.2, 0) is 47.6 Å². The Morgan fingerprint density at radius 1 is 0.478 bits per heavy atom. The highest BCUT2D eigenvalue weighted by molar-refractivity contribution is 5.77. The smallest absolute Gasteiger partial charge is 0.339 e. The lowest BCUT2D eigenvalue weighted by Gasteiger charge is -2.43. The molecule has 0 aromatic heterocycles. The second-order valence-electron chi connectivity index (χ2n) is 12.5. The molecule has 1 saturated heterocycles. The molecular weight excluding hydrogens is 592 g/mol. The molecule has 0 bridgehead atoms. The van der Waals surface area contributed by atoms with Crippen LogP contribution >= 0.6 is 0 Å². The molecule has 10 nitrogen and oxygen atoms in total. The van der Waals surface area contributed by atoms with E-state index in [1.54, 1.807) is 0 Å². The van der Waals surface area contributed by atoms with Crippen molar-refractivity contribution in [2.45, 2.75) is 194 Å². The van der Waals surface area contributed by atoms with Crippen LogP contribution in [0.3, 0.4) is 0 Å². The third-order valence-corrected chi connectivity index (χ3v) is 8.16. The monoisotopic (exact) mass is 656 g/mol. The maximum Gasteiger partial charge on any atom is 0.339 e. The fourth-order valence-corrected chi connectivity index (χ4v) is 5.73. The Balaban J connectivity index is 2.74. The molecule has 1 aliphatic heterocycles. The molecule has 0 saturated carbocycles. The van der Waals surface area contributed by atoms with E-state index in [0.717, 1.165) is 44.9 Å². The van der Waals surface area contributed by atoms with Gasteiger partial charge in [0.15, 0.2) is 30.7 Å². The number of unbranched alkanes of at least 4 members (excludes halogenated alkanes) is 18. The van der Waals surface area contributed by atoms with Gasteiger partial charge in [0, 0.05) is 27.4 Å². The molecule has 1 heterocycles. The van der Waals surface area contributed by atoms with Gasteiger partial charge in [0.2, 0.25) is 0 Å². The van der Waals surface area contributed by atoms with Crippen molar-refractivity contribution in [3.05, 3.63) is 0 Å². The first-order valence-corrected chi connectivity index (χ1v) is 18.2. The molecule has 268 valence electrons. The molecule has 1 fully saturated rings. The summed E-state index contributed by atoms with van der Waals surface area (Å²) in [5.74, 6) is -2.84. The molecule has 46 heavy (non-hydrogen) atoms. The normalized spacial score (nSPS) is 21.0. The molecule has 1 aliphatic rings. The quantitative estimate of drug-likeness (QED) is 0.0489. The summed E-state index contributed by atoms with van der Waals surface area (Å²) in [4.78, 5) is 49.5. The fraction of sp³-hybridized carbons (Fsp3) is 0.889. The van der Waals surface area contributed by atoms with Crippen LogP contribution in [0.5, 0.6) is 0 Å². The van der Waals surface area contributed by atoms with Gasteiger partial charge >= 0.3 is 23.9 Å². The summed E-state index contributed by atoms with van der Waals surface area (Å²) in [6.45, 7) is 8.46. The van der Waals surface area contributed by atoms with Gasteiger partial charge in [-0.05, 0) is 12.8 Å². The van der Waals surface area contributed by atoms with Crippen molar-refractivity contribution in [3.8, 4) is 0 Å². The van der Waals surface area contributed by atoms with E-state index in [9.17, 15) is 19.2 Å². The number of esters is 4. The van der Waals surface area contributed by atoms with Gasteiger partial charge in [-0.15, -0.1) is 0 Å². The summed E-state index contributed by atoms with van der Waals surface area (Å²) >= 11 is 0. The predicted octanol–water partition coefficient (Wildman–Crippen LogP) is 7.91. The van der Waals surface area contributed by atoms with Gasteiger partial charge in [-0.2, -0.15) is 0 Å². The largest absolute Gasteiger partial charge is 0.464 e. The zero-order valence-corrected chi connectivity index (χ0v) is 29.5. The van der Waals surface area contributed by atoms with Crippen LogP contribution in [0.25, 0.3) is 0 Å². The molecule has 5 atom stereocenters. The Bertz CT molecular complexity index is 832. The van der Waals surface area contributed by atoms with Crippen molar-refractivity contribution in [1.82, 2.24) is 0 Å². The zero-order chi connectivity index (χ0) is 34.0. The predicted molar refractivity (Wildman–Crippen MR) is 176 cm³/mol. The molecule has 0 radical (unpaired) electrons. The van der Waals surface area contributed by atoms with E-state index in [4.69, 9.17) is 28.4 Å². The minimum atomic E-state index is -1.43. The van der Waals surface area contributed by atoms with E-state index in [2.05, 4.69) is 13.8 Å². The van der Waals surface area contributed by atoms with E-state index >= 15 is 0 Å². The van der Waals surface area contributed by atoms with Crippen molar-refractivity contribution in [2.24, 2.45) is 0 Å². The number of hydrogen-bond donors (Lipinski definition) is 0. The zero-order valence-electron chi connectivity index (χ0n) is 29.5. The minimum Gasteiger partial charge on any atom is -0.464 e. The number of rotatable bonds is 27. The second kappa shape index (κ2) is 26.8. The summed E-state index contributed by atoms with van der Waals surface area (Å²) in [6.07, 6.45) is 16.3. The lowest BCUT2D eigenvalue weighted by molar-refractivity contribution is -0.302. The van der Waals surface area contributed by atoms with Crippen LogP contribution in [0.2, 0.25) is 0 Å². The van der Waals surface area contributed by atoms with Crippen LogP contribution in [0, 0.1) is 0 Å².